The highest BCUT2D eigenvalue weighted by Crippen LogP contribution is 2.34. The lowest BCUT2D eigenvalue weighted by molar-refractivity contribution is 0.101. The highest BCUT2D eigenvalue weighted by Gasteiger charge is 2.24. The van der Waals surface area contributed by atoms with Gasteiger partial charge in [0.1, 0.15) is 5.69 Å². The topological polar surface area (TPSA) is 47.3 Å². The smallest absolute Gasteiger partial charge is 0.178 e. The molecule has 0 aliphatic heterocycles. The molecular weight excluding hydrogens is 202 g/mol. The molecule has 4 nitrogen and oxygen atoms in total. The lowest BCUT2D eigenvalue weighted by Gasteiger charge is -2.21. The summed E-state index contributed by atoms with van der Waals surface area (Å²) in [6.07, 6.45) is 3.61. The first-order valence-corrected chi connectivity index (χ1v) is 5.62. The van der Waals surface area contributed by atoms with Gasteiger partial charge >= 0.3 is 0 Å². The molecule has 2 aromatic heterocycles. The van der Waals surface area contributed by atoms with E-state index in [2.05, 4.69) is 10.1 Å². The number of nitrogens with zero attached hydrogens (tertiary/aromatic N) is 3. The van der Waals surface area contributed by atoms with Crippen LogP contribution in [0.2, 0.25) is 0 Å². The van der Waals surface area contributed by atoms with E-state index in [0.717, 1.165) is 11.5 Å². The molecule has 1 aliphatic rings. The van der Waals surface area contributed by atoms with Crippen molar-refractivity contribution in [3.8, 4) is 0 Å². The van der Waals surface area contributed by atoms with Crippen molar-refractivity contribution < 1.29 is 4.79 Å². The van der Waals surface area contributed by atoms with Crippen molar-refractivity contribution >= 4 is 11.4 Å². The first kappa shape index (κ1) is 9.51. The van der Waals surface area contributed by atoms with Crippen molar-refractivity contribution in [2.75, 3.05) is 0 Å². The Kier molecular flexibility index (Phi) is 2.02. The van der Waals surface area contributed by atoms with Gasteiger partial charge < -0.3 is 0 Å². The van der Waals surface area contributed by atoms with Crippen LogP contribution in [0.25, 0.3) is 5.65 Å². The number of ketones is 1. The molecule has 2 aromatic rings. The summed E-state index contributed by atoms with van der Waals surface area (Å²) in [4.78, 5) is 15.9. The highest BCUT2D eigenvalue weighted by molar-refractivity contribution is 5.92. The van der Waals surface area contributed by atoms with E-state index in [1.165, 1.54) is 19.3 Å². The minimum Gasteiger partial charge on any atom is -0.293 e. The third-order valence-electron chi connectivity index (χ3n) is 3.21. The van der Waals surface area contributed by atoms with Crippen LogP contribution >= 0.6 is 0 Å². The highest BCUT2D eigenvalue weighted by atomic mass is 16.1. The molecule has 1 fully saturated rings. The molecular formula is C12H13N3O. The van der Waals surface area contributed by atoms with E-state index in [1.807, 2.05) is 12.1 Å². The molecule has 1 aliphatic carbocycles. The van der Waals surface area contributed by atoms with Crippen LogP contribution in [0.15, 0.2) is 18.2 Å². The van der Waals surface area contributed by atoms with Gasteiger partial charge in [0.25, 0.3) is 0 Å². The van der Waals surface area contributed by atoms with Crippen LogP contribution in [0.5, 0.6) is 0 Å². The van der Waals surface area contributed by atoms with E-state index >= 15 is 0 Å². The maximum absolute atomic E-state index is 11.4. The zero-order valence-electron chi connectivity index (χ0n) is 9.18. The van der Waals surface area contributed by atoms with Crippen LogP contribution in [0.3, 0.4) is 0 Å². The van der Waals surface area contributed by atoms with Gasteiger partial charge in [0.05, 0.1) is 0 Å². The lowest BCUT2D eigenvalue weighted by Crippen LogP contribution is -2.11. The average molecular weight is 215 g/mol. The second kappa shape index (κ2) is 3.40. The third kappa shape index (κ3) is 1.33. The number of fused-ring (bicyclic) bond motifs is 1. The fourth-order valence-electron chi connectivity index (χ4n) is 2.03. The number of hydrogen-bond donors (Lipinski definition) is 0. The first-order chi connectivity index (χ1) is 7.75. The number of aromatic nitrogens is 3. The van der Waals surface area contributed by atoms with Crippen molar-refractivity contribution in [2.45, 2.75) is 32.1 Å². The summed E-state index contributed by atoms with van der Waals surface area (Å²) in [6, 6.07) is 5.53. The monoisotopic (exact) mass is 215 g/mol. The zero-order valence-corrected chi connectivity index (χ0v) is 9.18. The Bertz CT molecular complexity index is 554. The summed E-state index contributed by atoms with van der Waals surface area (Å²) >= 11 is 0. The van der Waals surface area contributed by atoms with Gasteiger partial charge in [-0.1, -0.05) is 12.5 Å². The van der Waals surface area contributed by atoms with Crippen LogP contribution in [-0.4, -0.2) is 20.4 Å². The average Bonchev–Trinajstić information content (AvgIpc) is 2.56. The first-order valence-electron chi connectivity index (χ1n) is 5.62. The van der Waals surface area contributed by atoms with E-state index < -0.39 is 0 Å². The summed E-state index contributed by atoms with van der Waals surface area (Å²) < 4.78 is 1.66. The van der Waals surface area contributed by atoms with Crippen LogP contribution in [0.1, 0.15) is 48.4 Å². The Hall–Kier alpha value is -1.71. The lowest BCUT2D eigenvalue weighted by atomic mass is 9.85. The summed E-state index contributed by atoms with van der Waals surface area (Å²) in [7, 11) is 0. The van der Waals surface area contributed by atoms with Crippen molar-refractivity contribution in [3.63, 3.8) is 0 Å². The minimum atomic E-state index is 0.0238. The number of Topliss-reactive ketones (excluding diaryl/α,β-unsaturated/α-hetero) is 1. The molecule has 16 heavy (non-hydrogen) atoms. The number of carbonyl (C=O) groups excluding carboxylic acids is 1. The molecule has 2 heterocycles. The Balaban J connectivity index is 2.15. The SMILES string of the molecule is CC(=O)c1cccc2nc(C3CCC3)nn12. The Labute approximate surface area is 93.3 Å². The molecule has 0 saturated heterocycles. The Morgan fingerprint density at radius 3 is 2.88 bits per heavy atom. The van der Waals surface area contributed by atoms with Crippen molar-refractivity contribution in [1.82, 2.24) is 14.6 Å². The summed E-state index contributed by atoms with van der Waals surface area (Å²) in [5.74, 6) is 1.41. The summed E-state index contributed by atoms with van der Waals surface area (Å²) in [5.41, 5.74) is 1.38. The van der Waals surface area contributed by atoms with Gasteiger partial charge in [0.2, 0.25) is 0 Å². The van der Waals surface area contributed by atoms with Gasteiger partial charge in [0, 0.05) is 12.8 Å². The van der Waals surface area contributed by atoms with E-state index in [1.54, 1.807) is 17.5 Å². The molecule has 3 rings (SSSR count). The number of hydrogen-bond acceptors (Lipinski definition) is 3. The third-order valence-corrected chi connectivity index (χ3v) is 3.21. The fraction of sp³-hybridized carbons (Fsp3) is 0.417. The normalized spacial score (nSPS) is 16.3. The minimum absolute atomic E-state index is 0.0238. The summed E-state index contributed by atoms with van der Waals surface area (Å²) in [5, 5.41) is 4.44. The van der Waals surface area contributed by atoms with E-state index in [4.69, 9.17) is 0 Å². The zero-order chi connectivity index (χ0) is 11.1. The quantitative estimate of drug-likeness (QED) is 0.721. The molecule has 1 saturated carbocycles. The molecule has 0 N–H and O–H groups in total. The largest absolute Gasteiger partial charge is 0.293 e. The molecule has 0 bridgehead atoms. The maximum atomic E-state index is 11.4. The van der Waals surface area contributed by atoms with Gasteiger partial charge in [-0.2, -0.15) is 5.10 Å². The fourth-order valence-corrected chi connectivity index (χ4v) is 2.03. The molecule has 82 valence electrons. The molecule has 0 aromatic carbocycles. The van der Waals surface area contributed by atoms with E-state index in [9.17, 15) is 4.79 Å². The van der Waals surface area contributed by atoms with Gasteiger partial charge in [-0.25, -0.2) is 9.50 Å². The number of carbonyl (C=O) groups is 1. The van der Waals surface area contributed by atoms with Gasteiger partial charge in [-0.05, 0) is 25.0 Å². The molecule has 0 radical (unpaired) electrons. The Morgan fingerprint density at radius 1 is 1.44 bits per heavy atom. The number of pyridine rings is 1. The summed E-state index contributed by atoms with van der Waals surface area (Å²) in [6.45, 7) is 1.56. The van der Waals surface area contributed by atoms with E-state index in [-0.39, 0.29) is 5.78 Å². The van der Waals surface area contributed by atoms with Crippen LogP contribution in [0, 0.1) is 0 Å². The van der Waals surface area contributed by atoms with Gasteiger partial charge in [-0.15, -0.1) is 0 Å². The van der Waals surface area contributed by atoms with Gasteiger partial charge in [0.15, 0.2) is 17.3 Å². The van der Waals surface area contributed by atoms with E-state index in [0.29, 0.717) is 11.6 Å². The predicted octanol–water partition coefficient (Wildman–Crippen LogP) is 2.20. The number of rotatable bonds is 2. The second-order valence-electron chi connectivity index (χ2n) is 4.34. The molecule has 0 spiro atoms. The van der Waals surface area contributed by atoms with Crippen molar-refractivity contribution in [1.29, 1.82) is 0 Å². The molecule has 0 atom stereocenters. The maximum Gasteiger partial charge on any atom is 0.178 e. The second-order valence-corrected chi connectivity index (χ2v) is 4.34. The molecule has 0 unspecified atom stereocenters. The van der Waals surface area contributed by atoms with Crippen LogP contribution in [-0.2, 0) is 0 Å². The van der Waals surface area contributed by atoms with Crippen LogP contribution < -0.4 is 0 Å². The van der Waals surface area contributed by atoms with Crippen molar-refractivity contribution in [2.24, 2.45) is 0 Å². The Morgan fingerprint density at radius 2 is 2.25 bits per heavy atom. The van der Waals surface area contributed by atoms with Crippen LogP contribution in [0.4, 0.5) is 0 Å². The standard InChI is InChI=1S/C12H13N3O/c1-8(16)10-6-3-7-11-13-12(14-15(10)11)9-4-2-5-9/h3,6-7,9H,2,4-5H2,1H3. The predicted molar refractivity (Wildman–Crippen MR) is 59.6 cm³/mol. The molecule has 0 amide bonds. The van der Waals surface area contributed by atoms with Gasteiger partial charge in [-0.3, -0.25) is 4.79 Å². The molecule has 4 heteroatoms. The van der Waals surface area contributed by atoms with Crippen molar-refractivity contribution in [3.05, 3.63) is 29.7 Å².